The number of anilines is 2. The molecule has 0 atom stereocenters. The number of piperazine rings is 2. The fraction of sp³-hybridized carbons (Fsp3) is 0.659. The lowest BCUT2D eigenvalue weighted by Gasteiger charge is -2.35. The zero-order valence-corrected chi connectivity index (χ0v) is 41.9. The third-order valence-corrected chi connectivity index (χ3v) is 11.7. The van der Waals surface area contributed by atoms with E-state index in [1.165, 1.54) is 40.4 Å². The maximum absolute atomic E-state index is 12.0. The second kappa shape index (κ2) is 26.6. The molecule has 0 aliphatic carbocycles. The highest BCUT2D eigenvalue weighted by Gasteiger charge is 2.28. The molecule has 3 aliphatic heterocycles. The summed E-state index contributed by atoms with van der Waals surface area (Å²) in [7, 11) is 0. The van der Waals surface area contributed by atoms with Crippen LogP contribution in [0, 0.1) is 0 Å². The lowest BCUT2D eigenvalue weighted by Crippen LogP contribution is -2.50. The lowest BCUT2D eigenvalue weighted by atomic mass is 10.1. The van der Waals surface area contributed by atoms with E-state index in [1.807, 2.05) is 41.5 Å². The van der Waals surface area contributed by atoms with Crippen LogP contribution in [-0.2, 0) is 23.7 Å². The molecule has 0 bridgehead atoms. The first-order valence-electron chi connectivity index (χ1n) is 21.0. The van der Waals surface area contributed by atoms with Gasteiger partial charge in [0.05, 0.1) is 19.8 Å². The predicted molar refractivity (Wildman–Crippen MR) is 249 cm³/mol. The van der Waals surface area contributed by atoms with E-state index in [0.717, 1.165) is 62.4 Å². The molecule has 0 radical (unpaired) electrons. The molecule has 6 heterocycles. The first kappa shape index (κ1) is 53.2. The summed E-state index contributed by atoms with van der Waals surface area (Å²) in [6, 6.07) is 0. The monoisotopic (exact) mass is 1000 g/mol. The van der Waals surface area contributed by atoms with Gasteiger partial charge in [0, 0.05) is 81.6 Å². The summed E-state index contributed by atoms with van der Waals surface area (Å²) in [5, 5.41) is 10.1. The van der Waals surface area contributed by atoms with Crippen LogP contribution in [0.1, 0.15) is 113 Å². The number of hydrogen-bond donors (Lipinski definition) is 1. The third kappa shape index (κ3) is 19.7. The molecule has 3 aliphatic rings. The van der Waals surface area contributed by atoms with Crippen LogP contribution in [0.5, 0.6) is 0 Å². The Balaban J connectivity index is 0.000000233. The molecule has 22 heteroatoms. The summed E-state index contributed by atoms with van der Waals surface area (Å²) >= 11 is 7.42. The quantitative estimate of drug-likeness (QED) is 0.171. The molecule has 352 valence electrons. The maximum atomic E-state index is 12.0. The molecular weight excluding hydrogens is 941 g/mol. The summed E-state index contributed by atoms with van der Waals surface area (Å²) < 4.78 is 25.9. The molecule has 3 aromatic heterocycles. The van der Waals surface area contributed by atoms with Crippen molar-refractivity contribution in [1.82, 2.24) is 30.1 Å². The summed E-state index contributed by atoms with van der Waals surface area (Å²) in [6.45, 7) is 25.7. The standard InChI is InChI=1S/C15H23N3O4S.C10H15N3O2S.C10H19NO2.C6H6BrNO2S/c1-5-21-12(19)11-10-23-13(16-11)17-6-8-18(9-7-17)14(20)22-15(2,3)4;1-2-15-9(14)8-7-16-10(12-8)13-5-3-11-4-6-13;1-10(2,3)13-9(12)11-7-5-4-6-8-11;1-2-10-5(9)4-3-11-6(7)8-4/h10H,5-9H2,1-4H3;7,11H,2-6H2,1H3;4-8H2,1-3H3;3H,2H2,1H3. The highest BCUT2D eigenvalue weighted by atomic mass is 79.9. The van der Waals surface area contributed by atoms with E-state index < -0.39 is 11.6 Å². The van der Waals surface area contributed by atoms with Crippen molar-refractivity contribution in [1.29, 1.82) is 0 Å². The van der Waals surface area contributed by atoms with Crippen LogP contribution >= 0.6 is 49.9 Å². The molecule has 63 heavy (non-hydrogen) atoms. The Labute approximate surface area is 391 Å². The van der Waals surface area contributed by atoms with Gasteiger partial charge >= 0.3 is 30.1 Å². The number of nitrogens with one attached hydrogen (secondary N) is 1. The van der Waals surface area contributed by atoms with E-state index in [1.54, 1.807) is 46.7 Å². The van der Waals surface area contributed by atoms with Crippen molar-refractivity contribution in [3.63, 3.8) is 0 Å². The molecule has 0 saturated carbocycles. The third-order valence-electron chi connectivity index (χ3n) is 8.51. The molecule has 0 spiro atoms. The minimum absolute atomic E-state index is 0.160. The van der Waals surface area contributed by atoms with Crippen LogP contribution in [0.3, 0.4) is 0 Å². The highest BCUT2D eigenvalue weighted by Crippen LogP contribution is 2.24. The molecule has 1 N–H and O–H groups in total. The molecule has 6 rings (SSSR count). The summed E-state index contributed by atoms with van der Waals surface area (Å²) in [4.78, 5) is 77.8. The van der Waals surface area contributed by atoms with Crippen molar-refractivity contribution in [3.05, 3.63) is 37.1 Å². The Hall–Kier alpha value is -4.12. The Kier molecular flexibility index (Phi) is 22.5. The first-order valence-corrected chi connectivity index (χ1v) is 24.5. The fourth-order valence-electron chi connectivity index (χ4n) is 5.63. The predicted octanol–water partition coefficient (Wildman–Crippen LogP) is 7.60. The number of hydrogen-bond acceptors (Lipinski definition) is 19. The number of likely N-dealkylation sites (tertiary alicyclic amines) is 1. The summed E-state index contributed by atoms with van der Waals surface area (Å²) in [6.07, 6.45) is 3.01. The van der Waals surface area contributed by atoms with E-state index in [2.05, 4.69) is 46.0 Å². The topological polar surface area (TPSA) is 195 Å². The van der Waals surface area contributed by atoms with Crippen LogP contribution < -0.4 is 15.1 Å². The summed E-state index contributed by atoms with van der Waals surface area (Å²) in [5.41, 5.74) is 0.262. The van der Waals surface area contributed by atoms with Crippen molar-refractivity contribution >= 4 is 90.3 Å². The molecule has 3 aromatic rings. The largest absolute Gasteiger partial charge is 0.461 e. The zero-order valence-electron chi connectivity index (χ0n) is 37.9. The van der Waals surface area contributed by atoms with Gasteiger partial charge in [-0.25, -0.2) is 38.9 Å². The van der Waals surface area contributed by atoms with E-state index in [-0.39, 0.29) is 29.7 Å². The number of piperidine rings is 1. The maximum Gasteiger partial charge on any atom is 0.410 e. The van der Waals surface area contributed by atoms with Crippen LogP contribution in [0.15, 0.2) is 20.1 Å². The van der Waals surface area contributed by atoms with E-state index >= 15 is 0 Å². The fourth-order valence-corrected chi connectivity index (χ4v) is 8.31. The van der Waals surface area contributed by atoms with Crippen molar-refractivity contribution < 1.29 is 47.7 Å². The Morgan fingerprint density at radius 2 is 0.952 bits per heavy atom. The molecule has 3 saturated heterocycles. The number of carbonyl (C=O) groups is 5. The normalized spacial score (nSPS) is 15.3. The number of ether oxygens (including phenoxy) is 5. The van der Waals surface area contributed by atoms with Crippen molar-refractivity contribution in [3.8, 4) is 0 Å². The van der Waals surface area contributed by atoms with Gasteiger partial charge in [0.15, 0.2) is 31.3 Å². The van der Waals surface area contributed by atoms with Gasteiger partial charge in [-0.3, -0.25) is 0 Å². The van der Waals surface area contributed by atoms with Gasteiger partial charge in [0.2, 0.25) is 0 Å². The van der Waals surface area contributed by atoms with Gasteiger partial charge in [-0.1, -0.05) is 0 Å². The molecule has 3 fully saturated rings. The SMILES string of the molecule is CC(C)(C)OC(=O)N1CCCCC1.CCOC(=O)c1csc(Br)n1.CCOC(=O)c1csc(N2CCN(C(=O)OC(C)(C)C)CC2)n1.CCOC(=O)c1csc(N2CCNCC2)n1. The van der Waals surface area contributed by atoms with Crippen LogP contribution in [0.2, 0.25) is 0 Å². The number of thiazole rings is 3. The molecule has 0 unspecified atom stereocenters. The number of rotatable bonds is 8. The second-order valence-corrected chi connectivity index (χ2v) is 19.7. The number of aromatic nitrogens is 3. The van der Waals surface area contributed by atoms with Gasteiger partial charge in [0.1, 0.15) is 11.2 Å². The number of carbonyl (C=O) groups excluding carboxylic acids is 5. The Morgan fingerprint density at radius 3 is 1.33 bits per heavy atom. The van der Waals surface area contributed by atoms with Crippen LogP contribution in [0.25, 0.3) is 0 Å². The average Bonchev–Trinajstić information content (AvgIpc) is 4.04. The second-order valence-electron chi connectivity index (χ2n) is 15.9. The Bertz CT molecular complexity index is 1880. The first-order chi connectivity index (χ1) is 29.8. The van der Waals surface area contributed by atoms with Gasteiger partial charge in [-0.05, 0) is 97.5 Å². The number of halogens is 1. The summed E-state index contributed by atoms with van der Waals surface area (Å²) in [5.74, 6) is -1.10. The lowest BCUT2D eigenvalue weighted by molar-refractivity contribution is 0.0211. The minimum atomic E-state index is -0.488. The van der Waals surface area contributed by atoms with Crippen molar-refractivity contribution in [2.24, 2.45) is 0 Å². The number of amides is 2. The van der Waals surface area contributed by atoms with E-state index in [4.69, 9.17) is 23.7 Å². The molecular formula is C41H63BrN8O10S3. The van der Waals surface area contributed by atoms with Gasteiger partial charge < -0.3 is 48.6 Å². The number of nitrogens with zero attached hydrogens (tertiary/aromatic N) is 7. The molecule has 18 nitrogen and oxygen atoms in total. The number of esters is 3. The van der Waals surface area contributed by atoms with E-state index in [9.17, 15) is 24.0 Å². The minimum Gasteiger partial charge on any atom is -0.461 e. The van der Waals surface area contributed by atoms with Crippen molar-refractivity contribution in [2.75, 3.05) is 95.1 Å². The average molecular weight is 1000 g/mol. The van der Waals surface area contributed by atoms with Crippen LogP contribution in [-0.4, -0.2) is 151 Å². The smallest absolute Gasteiger partial charge is 0.410 e. The van der Waals surface area contributed by atoms with E-state index in [0.29, 0.717) is 67.0 Å². The van der Waals surface area contributed by atoms with Gasteiger partial charge in [-0.2, -0.15) is 0 Å². The van der Waals surface area contributed by atoms with Gasteiger partial charge in [0.25, 0.3) is 0 Å². The Morgan fingerprint density at radius 1 is 0.571 bits per heavy atom. The van der Waals surface area contributed by atoms with Crippen molar-refractivity contribution in [2.45, 2.75) is 92.8 Å². The highest BCUT2D eigenvalue weighted by molar-refractivity contribution is 9.11. The molecule has 0 aromatic carbocycles. The molecule has 2 amide bonds. The van der Waals surface area contributed by atoms with Crippen LogP contribution in [0.4, 0.5) is 19.9 Å². The zero-order chi connectivity index (χ0) is 46.6. The van der Waals surface area contributed by atoms with Gasteiger partial charge in [-0.15, -0.1) is 34.0 Å².